The summed E-state index contributed by atoms with van der Waals surface area (Å²) in [5.41, 5.74) is 3.31. The first-order valence-electron chi connectivity index (χ1n) is 8.34. The topological polar surface area (TPSA) is 77.7 Å². The number of halogens is 1. The van der Waals surface area contributed by atoms with E-state index < -0.39 is 9.84 Å². The van der Waals surface area contributed by atoms with Crippen molar-refractivity contribution in [3.05, 3.63) is 71.3 Å². The van der Waals surface area contributed by atoms with E-state index in [2.05, 4.69) is 15.1 Å². The van der Waals surface area contributed by atoms with Crippen LogP contribution in [0, 0.1) is 5.82 Å². The molecule has 2 aromatic heterocycles. The van der Waals surface area contributed by atoms with E-state index in [1.807, 2.05) is 0 Å². The van der Waals surface area contributed by atoms with E-state index in [1.165, 1.54) is 24.5 Å². The van der Waals surface area contributed by atoms with Gasteiger partial charge in [0.25, 0.3) is 0 Å². The Bertz CT molecular complexity index is 1030. The average molecular weight is 372 g/mol. The smallest absolute Gasteiger partial charge is 0.163 e. The van der Waals surface area contributed by atoms with E-state index in [-0.39, 0.29) is 23.1 Å². The number of hydrogen-bond acceptors (Lipinski definition) is 5. The lowest BCUT2D eigenvalue weighted by Gasteiger charge is -2.05. The number of rotatable bonds is 5. The molecule has 0 saturated carbocycles. The molecule has 0 atom stereocenters. The van der Waals surface area contributed by atoms with Crippen LogP contribution >= 0.6 is 0 Å². The van der Waals surface area contributed by atoms with Gasteiger partial charge in [-0.25, -0.2) is 27.5 Å². The number of nitrogens with zero attached hydrogens (tertiary/aromatic N) is 4. The van der Waals surface area contributed by atoms with Crippen LogP contribution in [0.4, 0.5) is 4.39 Å². The summed E-state index contributed by atoms with van der Waals surface area (Å²) in [6, 6.07) is 7.70. The zero-order valence-corrected chi connectivity index (χ0v) is 14.8. The SMILES string of the molecule is O=S(=O)(Cc1ncccn1)Cc1nn(-c2ccc(F)cc2)c2c1CCC2. The van der Waals surface area contributed by atoms with Gasteiger partial charge < -0.3 is 0 Å². The van der Waals surface area contributed by atoms with Crippen molar-refractivity contribution in [2.75, 3.05) is 0 Å². The monoisotopic (exact) mass is 372 g/mol. The lowest BCUT2D eigenvalue weighted by atomic mass is 10.2. The van der Waals surface area contributed by atoms with Gasteiger partial charge in [0.05, 0.1) is 17.1 Å². The molecule has 0 radical (unpaired) electrons. The Kier molecular flexibility index (Phi) is 4.28. The first-order chi connectivity index (χ1) is 12.5. The highest BCUT2D eigenvalue weighted by Crippen LogP contribution is 2.29. The van der Waals surface area contributed by atoms with Crippen LogP contribution in [-0.2, 0) is 34.2 Å². The van der Waals surface area contributed by atoms with E-state index in [4.69, 9.17) is 0 Å². The Balaban J connectivity index is 1.65. The fourth-order valence-corrected chi connectivity index (χ4v) is 4.58. The Morgan fingerprint density at radius 1 is 1.04 bits per heavy atom. The Morgan fingerprint density at radius 2 is 1.77 bits per heavy atom. The van der Waals surface area contributed by atoms with Crippen LogP contribution in [0.3, 0.4) is 0 Å². The van der Waals surface area contributed by atoms with Crippen LogP contribution in [-0.4, -0.2) is 28.2 Å². The molecule has 6 nitrogen and oxygen atoms in total. The molecule has 0 amide bonds. The van der Waals surface area contributed by atoms with Gasteiger partial charge in [0, 0.05) is 18.1 Å². The van der Waals surface area contributed by atoms with Gasteiger partial charge in [-0.15, -0.1) is 0 Å². The molecule has 4 rings (SSSR count). The highest BCUT2D eigenvalue weighted by Gasteiger charge is 2.26. The predicted octanol–water partition coefficient (Wildman–Crippen LogP) is 2.41. The molecule has 134 valence electrons. The average Bonchev–Trinajstić information content (AvgIpc) is 3.20. The molecule has 0 saturated heterocycles. The molecule has 1 aromatic carbocycles. The summed E-state index contributed by atoms with van der Waals surface area (Å²) >= 11 is 0. The van der Waals surface area contributed by atoms with Crippen molar-refractivity contribution in [3.8, 4) is 5.69 Å². The van der Waals surface area contributed by atoms with Gasteiger partial charge in [-0.05, 0) is 55.2 Å². The summed E-state index contributed by atoms with van der Waals surface area (Å²) in [5.74, 6) is -0.404. The minimum atomic E-state index is -3.45. The Morgan fingerprint density at radius 3 is 2.50 bits per heavy atom. The van der Waals surface area contributed by atoms with Gasteiger partial charge in [0.1, 0.15) is 17.4 Å². The van der Waals surface area contributed by atoms with Gasteiger partial charge in [-0.3, -0.25) is 0 Å². The zero-order valence-electron chi connectivity index (χ0n) is 14.0. The lowest BCUT2D eigenvalue weighted by molar-refractivity contribution is 0.591. The van der Waals surface area contributed by atoms with Crippen molar-refractivity contribution in [2.45, 2.75) is 30.8 Å². The first kappa shape index (κ1) is 16.8. The Labute approximate surface area is 150 Å². The first-order valence-corrected chi connectivity index (χ1v) is 10.2. The molecule has 0 aliphatic heterocycles. The van der Waals surface area contributed by atoms with Crippen LogP contribution < -0.4 is 0 Å². The lowest BCUT2D eigenvalue weighted by Crippen LogP contribution is -2.11. The summed E-state index contributed by atoms with van der Waals surface area (Å²) in [6.45, 7) is 0. The fraction of sp³-hybridized carbons (Fsp3) is 0.278. The van der Waals surface area contributed by atoms with Crippen LogP contribution in [0.5, 0.6) is 0 Å². The number of fused-ring (bicyclic) bond motifs is 1. The van der Waals surface area contributed by atoms with Crippen LogP contribution in [0.15, 0.2) is 42.7 Å². The maximum absolute atomic E-state index is 13.2. The van der Waals surface area contributed by atoms with Crippen molar-refractivity contribution in [2.24, 2.45) is 0 Å². The van der Waals surface area contributed by atoms with Crippen molar-refractivity contribution in [1.29, 1.82) is 0 Å². The minimum absolute atomic E-state index is 0.151. The molecular weight excluding hydrogens is 355 g/mol. The van der Waals surface area contributed by atoms with E-state index in [1.54, 1.807) is 22.9 Å². The van der Waals surface area contributed by atoms with Crippen molar-refractivity contribution in [3.63, 3.8) is 0 Å². The molecular formula is C18H17FN4O2S. The third kappa shape index (κ3) is 3.37. The van der Waals surface area contributed by atoms with E-state index in [9.17, 15) is 12.8 Å². The van der Waals surface area contributed by atoms with Gasteiger partial charge in [-0.1, -0.05) is 0 Å². The predicted molar refractivity (Wildman–Crippen MR) is 93.9 cm³/mol. The van der Waals surface area contributed by atoms with Crippen LogP contribution in [0.1, 0.15) is 29.2 Å². The molecule has 0 bridgehead atoms. The fourth-order valence-electron chi connectivity index (χ4n) is 3.29. The summed E-state index contributed by atoms with van der Waals surface area (Å²) in [5, 5.41) is 4.53. The molecule has 26 heavy (non-hydrogen) atoms. The van der Waals surface area contributed by atoms with Gasteiger partial charge in [-0.2, -0.15) is 5.10 Å². The second-order valence-electron chi connectivity index (χ2n) is 6.31. The van der Waals surface area contributed by atoms with E-state index >= 15 is 0 Å². The van der Waals surface area contributed by atoms with Gasteiger partial charge >= 0.3 is 0 Å². The van der Waals surface area contributed by atoms with Crippen molar-refractivity contribution >= 4 is 9.84 Å². The molecule has 1 aliphatic carbocycles. The minimum Gasteiger partial charge on any atom is -0.240 e. The quantitative estimate of drug-likeness (QED) is 0.687. The zero-order chi connectivity index (χ0) is 18.1. The summed E-state index contributed by atoms with van der Waals surface area (Å²) in [7, 11) is -3.45. The van der Waals surface area contributed by atoms with E-state index in [0.717, 1.165) is 36.2 Å². The normalized spacial score (nSPS) is 13.7. The van der Waals surface area contributed by atoms with E-state index in [0.29, 0.717) is 5.69 Å². The van der Waals surface area contributed by atoms with Gasteiger partial charge in [0.15, 0.2) is 9.84 Å². The molecule has 3 aromatic rings. The highest BCUT2D eigenvalue weighted by atomic mass is 32.2. The molecule has 0 unspecified atom stereocenters. The highest BCUT2D eigenvalue weighted by molar-refractivity contribution is 7.89. The second kappa shape index (κ2) is 6.60. The van der Waals surface area contributed by atoms with Crippen LogP contribution in [0.25, 0.3) is 5.69 Å². The third-order valence-corrected chi connectivity index (χ3v) is 5.82. The van der Waals surface area contributed by atoms with Crippen LogP contribution in [0.2, 0.25) is 0 Å². The Hall–Kier alpha value is -2.61. The maximum atomic E-state index is 13.2. The molecule has 0 spiro atoms. The molecule has 1 aliphatic rings. The number of sulfone groups is 1. The standard InChI is InChI=1S/C18H17FN4O2S/c19-13-5-7-14(8-6-13)23-17-4-1-3-15(17)16(22-23)11-26(24,25)12-18-20-9-2-10-21-18/h2,5-10H,1,3-4,11-12H2. The van der Waals surface area contributed by atoms with Crippen molar-refractivity contribution in [1.82, 2.24) is 19.7 Å². The third-order valence-electron chi connectivity index (χ3n) is 4.41. The van der Waals surface area contributed by atoms with Gasteiger partial charge in [0.2, 0.25) is 0 Å². The molecule has 0 N–H and O–H groups in total. The molecule has 2 heterocycles. The number of benzene rings is 1. The number of hydrogen-bond donors (Lipinski definition) is 0. The number of aromatic nitrogens is 4. The summed E-state index contributed by atoms with van der Waals surface area (Å²) in [4.78, 5) is 7.98. The second-order valence-corrected chi connectivity index (χ2v) is 8.38. The molecule has 8 heteroatoms. The summed E-state index contributed by atoms with van der Waals surface area (Å²) < 4.78 is 40.1. The molecule has 0 fully saturated rings. The van der Waals surface area contributed by atoms with Crippen molar-refractivity contribution < 1.29 is 12.8 Å². The maximum Gasteiger partial charge on any atom is 0.163 e. The summed E-state index contributed by atoms with van der Waals surface area (Å²) in [6.07, 6.45) is 5.66. The largest absolute Gasteiger partial charge is 0.240 e.